The minimum absolute atomic E-state index is 0.0670. The quantitative estimate of drug-likeness (QED) is 0.158. The molecule has 1 N–H and O–H groups in total. The molecule has 3 nitrogen and oxygen atoms in total. The van der Waals surface area contributed by atoms with E-state index in [0.29, 0.717) is 0 Å². The van der Waals surface area contributed by atoms with E-state index in [4.69, 9.17) is 0 Å². The monoisotopic (exact) mass is 488 g/mol. The summed E-state index contributed by atoms with van der Waals surface area (Å²) in [4.78, 5) is 0.0670. The van der Waals surface area contributed by atoms with Gasteiger partial charge in [-0.1, -0.05) is 128 Å². The Hall–Kier alpha value is -1.39. The maximum Gasteiger partial charge on any atom is 0.295 e. The van der Waals surface area contributed by atoms with Gasteiger partial charge in [0.05, 0.1) is 0 Å². The number of hydrogen-bond donors (Lipinski definition) is 1. The minimum atomic E-state index is -4.26. The Bertz CT molecular complexity index is 933. The van der Waals surface area contributed by atoms with Gasteiger partial charge in [0.25, 0.3) is 10.1 Å². The molecule has 34 heavy (non-hydrogen) atoms. The molecule has 2 rings (SSSR count). The zero-order valence-corrected chi connectivity index (χ0v) is 22.6. The van der Waals surface area contributed by atoms with Crippen molar-refractivity contribution in [3.63, 3.8) is 0 Å². The van der Waals surface area contributed by atoms with Crippen molar-refractivity contribution >= 4 is 20.9 Å². The fourth-order valence-electron chi connectivity index (χ4n) is 5.08. The first kappa shape index (κ1) is 28.8. The topological polar surface area (TPSA) is 54.4 Å². The minimum Gasteiger partial charge on any atom is -0.282 e. The molecule has 0 bridgehead atoms. The molecule has 0 saturated heterocycles. The molecule has 0 aromatic heterocycles. The largest absolute Gasteiger partial charge is 0.295 e. The van der Waals surface area contributed by atoms with Gasteiger partial charge in [-0.3, -0.25) is 4.55 Å². The molecule has 0 aliphatic heterocycles. The van der Waals surface area contributed by atoms with E-state index in [1.165, 1.54) is 95.5 Å². The fraction of sp³-hybridized carbons (Fsp3) is 0.667. The number of rotatable bonds is 19. The molecule has 2 aromatic carbocycles. The van der Waals surface area contributed by atoms with Crippen LogP contribution in [0.3, 0.4) is 0 Å². The molecule has 0 fully saturated rings. The van der Waals surface area contributed by atoms with E-state index >= 15 is 0 Å². The average molecular weight is 489 g/mol. The lowest BCUT2D eigenvalue weighted by Gasteiger charge is -2.16. The Morgan fingerprint density at radius 2 is 1.12 bits per heavy atom. The van der Waals surface area contributed by atoms with Crippen LogP contribution < -0.4 is 0 Å². The van der Waals surface area contributed by atoms with Gasteiger partial charge in [-0.15, -0.1) is 0 Å². The zero-order chi connectivity index (χ0) is 24.7. The summed E-state index contributed by atoms with van der Waals surface area (Å²) in [5.41, 5.74) is 2.40. The van der Waals surface area contributed by atoms with Crippen LogP contribution in [-0.2, 0) is 23.0 Å². The van der Waals surface area contributed by atoms with Crippen LogP contribution in [0.15, 0.2) is 35.2 Å². The molecule has 0 aliphatic carbocycles. The SMILES string of the molecule is CCCCCCCCCCc1ccc2cccc(S(=O)(=O)O)c2c1CCCCCCCCCC. The summed E-state index contributed by atoms with van der Waals surface area (Å²) in [6.45, 7) is 4.50. The number of hydrogen-bond acceptors (Lipinski definition) is 2. The smallest absolute Gasteiger partial charge is 0.282 e. The van der Waals surface area contributed by atoms with Gasteiger partial charge in [-0.2, -0.15) is 8.42 Å². The van der Waals surface area contributed by atoms with Crippen molar-refractivity contribution in [3.05, 3.63) is 41.5 Å². The lowest BCUT2D eigenvalue weighted by Crippen LogP contribution is -2.04. The van der Waals surface area contributed by atoms with Crippen LogP contribution in [0.25, 0.3) is 10.8 Å². The van der Waals surface area contributed by atoms with E-state index < -0.39 is 10.1 Å². The second-order valence-corrected chi connectivity index (χ2v) is 11.4. The van der Waals surface area contributed by atoms with E-state index in [2.05, 4.69) is 19.9 Å². The number of unbranched alkanes of at least 4 members (excludes halogenated alkanes) is 14. The van der Waals surface area contributed by atoms with Crippen LogP contribution in [0.2, 0.25) is 0 Å². The summed E-state index contributed by atoms with van der Waals surface area (Å²) in [5, 5.41) is 1.65. The van der Waals surface area contributed by atoms with Gasteiger partial charge in [0.2, 0.25) is 0 Å². The van der Waals surface area contributed by atoms with Gasteiger partial charge < -0.3 is 0 Å². The number of fused-ring (bicyclic) bond motifs is 1. The molecule has 4 heteroatoms. The Morgan fingerprint density at radius 1 is 0.618 bits per heavy atom. The summed E-state index contributed by atoms with van der Waals surface area (Å²) in [6, 6.07) is 9.46. The van der Waals surface area contributed by atoms with Crippen LogP contribution in [0.5, 0.6) is 0 Å². The molecule has 0 heterocycles. The highest BCUT2D eigenvalue weighted by Crippen LogP contribution is 2.31. The third-order valence-corrected chi connectivity index (χ3v) is 7.97. The van der Waals surface area contributed by atoms with Gasteiger partial charge in [0.15, 0.2) is 0 Å². The maximum atomic E-state index is 12.2. The first-order valence-electron chi connectivity index (χ1n) is 14.0. The van der Waals surface area contributed by atoms with Crippen molar-refractivity contribution in [3.8, 4) is 0 Å². The van der Waals surface area contributed by atoms with Gasteiger partial charge in [0.1, 0.15) is 4.90 Å². The van der Waals surface area contributed by atoms with E-state index in [9.17, 15) is 13.0 Å². The highest BCUT2D eigenvalue weighted by molar-refractivity contribution is 7.86. The second-order valence-electron chi connectivity index (χ2n) is 9.98. The predicted molar refractivity (Wildman–Crippen MR) is 146 cm³/mol. The standard InChI is InChI=1S/C30H48O3S/c1-3-5-7-9-11-13-15-17-20-26-24-25-27-21-19-23-29(34(31,32)33)30(27)28(26)22-18-16-14-12-10-8-6-4-2/h19,21,23-25H,3-18,20,22H2,1-2H3,(H,31,32,33). The first-order chi connectivity index (χ1) is 16.5. The van der Waals surface area contributed by atoms with Crippen LogP contribution in [0.1, 0.15) is 128 Å². The fourth-order valence-corrected chi connectivity index (χ4v) is 5.83. The molecule has 0 saturated carbocycles. The van der Waals surface area contributed by atoms with Gasteiger partial charge in [-0.05, 0) is 48.3 Å². The normalized spacial score (nSPS) is 12.0. The average Bonchev–Trinajstić information content (AvgIpc) is 2.82. The molecule has 192 valence electrons. The lowest BCUT2D eigenvalue weighted by molar-refractivity contribution is 0.484. The van der Waals surface area contributed by atoms with Gasteiger partial charge >= 0.3 is 0 Å². The van der Waals surface area contributed by atoms with Crippen LogP contribution in [-0.4, -0.2) is 13.0 Å². The molecular weight excluding hydrogens is 440 g/mol. The molecule has 0 aliphatic rings. The molecule has 0 amide bonds. The molecule has 0 atom stereocenters. The first-order valence-corrected chi connectivity index (χ1v) is 15.4. The Balaban J connectivity index is 2.06. The van der Waals surface area contributed by atoms with E-state index in [-0.39, 0.29) is 4.90 Å². The van der Waals surface area contributed by atoms with Crippen LogP contribution in [0.4, 0.5) is 0 Å². The summed E-state index contributed by atoms with van der Waals surface area (Å²) < 4.78 is 34.3. The highest BCUT2D eigenvalue weighted by Gasteiger charge is 2.18. The summed E-state index contributed by atoms with van der Waals surface area (Å²) in [7, 11) is -4.26. The molecular formula is C30H48O3S. The van der Waals surface area contributed by atoms with Crippen molar-refractivity contribution in [2.24, 2.45) is 0 Å². The van der Waals surface area contributed by atoms with Crippen molar-refractivity contribution in [1.29, 1.82) is 0 Å². The lowest BCUT2D eigenvalue weighted by atomic mass is 9.91. The molecule has 2 aromatic rings. The third kappa shape index (κ3) is 10.1. The maximum absolute atomic E-state index is 12.2. The number of aryl methyl sites for hydroxylation is 2. The van der Waals surface area contributed by atoms with Crippen molar-refractivity contribution in [1.82, 2.24) is 0 Å². The molecule has 0 radical (unpaired) electrons. The van der Waals surface area contributed by atoms with Crippen molar-refractivity contribution in [2.45, 2.75) is 134 Å². The van der Waals surface area contributed by atoms with E-state index in [0.717, 1.165) is 42.0 Å². The second kappa shape index (κ2) is 16.3. The van der Waals surface area contributed by atoms with E-state index in [1.54, 1.807) is 12.1 Å². The van der Waals surface area contributed by atoms with Gasteiger partial charge in [-0.25, -0.2) is 0 Å². The van der Waals surface area contributed by atoms with Crippen molar-refractivity contribution < 1.29 is 13.0 Å². The number of benzene rings is 2. The summed E-state index contributed by atoms with van der Waals surface area (Å²) in [5.74, 6) is 0. The highest BCUT2D eigenvalue weighted by atomic mass is 32.2. The summed E-state index contributed by atoms with van der Waals surface area (Å²) >= 11 is 0. The Kier molecular flexibility index (Phi) is 13.8. The van der Waals surface area contributed by atoms with E-state index in [1.807, 2.05) is 12.1 Å². The third-order valence-electron chi connectivity index (χ3n) is 7.07. The predicted octanol–water partition coefficient (Wildman–Crippen LogP) is 9.45. The van der Waals surface area contributed by atoms with Crippen LogP contribution >= 0.6 is 0 Å². The van der Waals surface area contributed by atoms with Crippen molar-refractivity contribution in [2.75, 3.05) is 0 Å². The van der Waals surface area contributed by atoms with Gasteiger partial charge in [0, 0.05) is 5.39 Å². The Morgan fingerprint density at radius 3 is 1.65 bits per heavy atom. The Labute approximate surface area is 209 Å². The zero-order valence-electron chi connectivity index (χ0n) is 21.8. The van der Waals surface area contributed by atoms with Crippen LogP contribution in [0, 0.1) is 0 Å². The molecule has 0 unspecified atom stereocenters. The summed E-state index contributed by atoms with van der Waals surface area (Å²) in [6.07, 6.45) is 22.2. The molecule has 0 spiro atoms.